The number of piperidine rings is 1. The summed E-state index contributed by atoms with van der Waals surface area (Å²) in [6.07, 6.45) is 0.00989. The van der Waals surface area contributed by atoms with Crippen molar-refractivity contribution in [2.45, 2.75) is 62.7 Å². The number of carbonyl (C=O) groups is 3. The Hall–Kier alpha value is -3.02. The van der Waals surface area contributed by atoms with Crippen LogP contribution < -0.4 is 15.4 Å². The van der Waals surface area contributed by atoms with Crippen LogP contribution >= 0.6 is 45.8 Å². The van der Waals surface area contributed by atoms with Crippen LogP contribution in [-0.4, -0.2) is 47.6 Å². The summed E-state index contributed by atoms with van der Waals surface area (Å²) in [6, 6.07) is 17.7. The molecule has 44 heavy (non-hydrogen) atoms. The molecule has 230 valence electrons. The molecule has 0 saturated carbocycles. The molecule has 3 heterocycles. The minimum absolute atomic E-state index is 0.0833. The quantitative estimate of drug-likeness (QED) is 0.275. The van der Waals surface area contributed by atoms with Crippen LogP contribution in [0.25, 0.3) is 0 Å². The van der Waals surface area contributed by atoms with Crippen LogP contribution in [0.4, 0.5) is 10.5 Å². The summed E-state index contributed by atoms with van der Waals surface area (Å²) in [7, 11) is 0. The molecule has 11 heteroatoms. The van der Waals surface area contributed by atoms with E-state index in [-0.39, 0.29) is 30.4 Å². The van der Waals surface area contributed by atoms with Crippen LogP contribution in [0.2, 0.25) is 10.0 Å². The van der Waals surface area contributed by atoms with E-state index in [1.807, 2.05) is 63.2 Å². The number of carbonyl (C=O) groups excluding carboxylic acids is 3. The maximum atomic E-state index is 14.4. The second-order valence-corrected chi connectivity index (χ2v) is 14.6. The Labute approximate surface area is 279 Å². The minimum atomic E-state index is -1.24. The molecule has 3 amide bonds. The zero-order chi connectivity index (χ0) is 31.4. The number of rotatable bonds is 4. The molecule has 4 atom stereocenters. The second kappa shape index (κ2) is 11.7. The van der Waals surface area contributed by atoms with E-state index in [4.69, 9.17) is 32.7 Å². The minimum Gasteiger partial charge on any atom is -0.488 e. The van der Waals surface area contributed by atoms with Gasteiger partial charge in [-0.05, 0) is 97.0 Å². The molecule has 3 aromatic rings. The third-order valence-corrected chi connectivity index (χ3v) is 9.52. The number of anilines is 1. The highest BCUT2D eigenvalue weighted by atomic mass is 127. The average Bonchev–Trinajstić information content (AvgIpc) is 3.52. The van der Waals surface area contributed by atoms with Gasteiger partial charge in [0.2, 0.25) is 11.8 Å². The first kappa shape index (κ1) is 31.0. The summed E-state index contributed by atoms with van der Waals surface area (Å²) in [5.41, 5.74) is 0.961. The monoisotopic (exact) mass is 747 g/mol. The topological polar surface area (TPSA) is 97.0 Å². The predicted octanol–water partition coefficient (Wildman–Crippen LogP) is 7.22. The zero-order valence-corrected chi connectivity index (χ0v) is 28.1. The van der Waals surface area contributed by atoms with Crippen LogP contribution in [0.15, 0.2) is 60.7 Å². The maximum Gasteiger partial charge on any atom is 0.410 e. The zero-order valence-electron chi connectivity index (χ0n) is 24.5. The van der Waals surface area contributed by atoms with Gasteiger partial charge < -0.3 is 25.0 Å². The van der Waals surface area contributed by atoms with E-state index in [1.165, 1.54) is 0 Å². The molecule has 6 rings (SSSR count). The van der Waals surface area contributed by atoms with Crippen molar-refractivity contribution in [3.05, 3.63) is 91.0 Å². The Morgan fingerprint density at radius 2 is 1.82 bits per heavy atom. The molecule has 3 aliphatic heterocycles. The summed E-state index contributed by atoms with van der Waals surface area (Å²) in [5.74, 6) is -0.440. The van der Waals surface area contributed by atoms with Crippen molar-refractivity contribution in [2.24, 2.45) is 0 Å². The van der Waals surface area contributed by atoms with Gasteiger partial charge in [0, 0.05) is 50.2 Å². The van der Waals surface area contributed by atoms with Crippen molar-refractivity contribution >= 4 is 69.4 Å². The van der Waals surface area contributed by atoms with Gasteiger partial charge in [-0.2, -0.15) is 0 Å². The number of hydrogen-bond donors (Lipinski definition) is 2. The summed E-state index contributed by atoms with van der Waals surface area (Å²) in [4.78, 5) is 42.3. The van der Waals surface area contributed by atoms with E-state index in [1.54, 1.807) is 23.1 Å². The lowest BCUT2D eigenvalue weighted by atomic mass is 9.59. The number of amides is 3. The van der Waals surface area contributed by atoms with Crippen LogP contribution in [-0.2, 0) is 19.7 Å². The van der Waals surface area contributed by atoms with E-state index >= 15 is 0 Å². The third-order valence-electron chi connectivity index (χ3n) is 8.38. The van der Waals surface area contributed by atoms with Crippen LogP contribution in [0.5, 0.6) is 5.75 Å². The summed E-state index contributed by atoms with van der Waals surface area (Å²) < 4.78 is 13.1. The van der Waals surface area contributed by atoms with Gasteiger partial charge in [0.1, 0.15) is 22.9 Å². The van der Waals surface area contributed by atoms with Crippen molar-refractivity contribution in [1.82, 2.24) is 10.2 Å². The van der Waals surface area contributed by atoms with Crippen LogP contribution in [0.3, 0.4) is 0 Å². The molecule has 1 unspecified atom stereocenters. The van der Waals surface area contributed by atoms with Crippen molar-refractivity contribution in [3.63, 3.8) is 0 Å². The normalized spacial score (nSPS) is 24.6. The molecule has 2 N–H and O–H groups in total. The van der Waals surface area contributed by atoms with Crippen molar-refractivity contribution in [1.29, 1.82) is 0 Å². The Morgan fingerprint density at radius 1 is 1.05 bits per heavy atom. The summed E-state index contributed by atoms with van der Waals surface area (Å²) in [5, 5.41) is 7.25. The van der Waals surface area contributed by atoms with Crippen molar-refractivity contribution < 1.29 is 23.9 Å². The molecular weight excluding hydrogens is 716 g/mol. The largest absolute Gasteiger partial charge is 0.488 e. The molecule has 8 nitrogen and oxygen atoms in total. The molecule has 3 aromatic carbocycles. The molecule has 0 bridgehead atoms. The van der Waals surface area contributed by atoms with Crippen molar-refractivity contribution in [3.8, 4) is 5.75 Å². The Kier molecular flexibility index (Phi) is 8.26. The summed E-state index contributed by atoms with van der Waals surface area (Å²) in [6.45, 7) is 6.36. The molecule has 0 aliphatic carbocycles. The van der Waals surface area contributed by atoms with E-state index in [2.05, 4.69) is 33.2 Å². The van der Waals surface area contributed by atoms with Gasteiger partial charge in [-0.25, -0.2) is 4.79 Å². The van der Waals surface area contributed by atoms with Gasteiger partial charge in [0.25, 0.3) is 0 Å². The van der Waals surface area contributed by atoms with Gasteiger partial charge in [0.15, 0.2) is 0 Å². The van der Waals surface area contributed by atoms with Gasteiger partial charge >= 0.3 is 6.09 Å². The number of fused-ring (bicyclic) bond motifs is 2. The SMILES string of the molecule is CC(C)(C)OC(=O)N1CCC(Oc2ccc(I)cc2[C@H]2NC(=O)C[C@@H](c3cccc(Cl)c3)[C@]23C(=O)Nc2cc(Cl)ccc23)C1. The Balaban J connectivity index is 1.44. The standard InChI is InChI=1S/C33H32Cl2IN3O5/c1-32(2,3)44-31(42)39-12-11-22(17-39)43-27-10-8-21(36)15-23(27)29-33(24-9-7-20(35)14-26(24)37-30(33)41)25(16-28(40)38-29)18-5-4-6-19(34)13-18/h4-10,13-15,22,25,29H,11-12,16-17H2,1-3H3,(H,37,41)(H,38,40)/t22?,25-,29+,33-/m0/s1. The number of likely N-dealkylation sites (tertiary alicyclic amines) is 1. The number of halogens is 3. The molecule has 0 aromatic heterocycles. The van der Waals surface area contributed by atoms with Crippen molar-refractivity contribution in [2.75, 3.05) is 18.4 Å². The highest BCUT2D eigenvalue weighted by Gasteiger charge is 2.61. The number of ether oxygens (including phenoxy) is 2. The lowest BCUT2D eigenvalue weighted by molar-refractivity contribution is -0.131. The fraction of sp³-hybridized carbons (Fsp3) is 0.364. The first-order valence-electron chi connectivity index (χ1n) is 14.5. The van der Waals surface area contributed by atoms with Gasteiger partial charge in [-0.15, -0.1) is 0 Å². The Morgan fingerprint density at radius 3 is 2.57 bits per heavy atom. The van der Waals surface area contributed by atoms with E-state index in [0.717, 1.165) is 14.7 Å². The summed E-state index contributed by atoms with van der Waals surface area (Å²) >= 11 is 15.0. The predicted molar refractivity (Wildman–Crippen MR) is 177 cm³/mol. The van der Waals surface area contributed by atoms with Crippen LogP contribution in [0.1, 0.15) is 62.3 Å². The number of hydrogen-bond acceptors (Lipinski definition) is 5. The van der Waals surface area contributed by atoms with E-state index in [9.17, 15) is 14.4 Å². The molecular formula is C33H32Cl2IN3O5. The molecule has 2 saturated heterocycles. The van der Waals surface area contributed by atoms with Crippen LogP contribution in [0, 0.1) is 3.57 Å². The first-order chi connectivity index (χ1) is 20.8. The highest BCUT2D eigenvalue weighted by molar-refractivity contribution is 14.1. The molecule has 1 spiro atoms. The Bertz CT molecular complexity index is 1660. The molecule has 2 fully saturated rings. The maximum absolute atomic E-state index is 14.4. The van der Waals surface area contributed by atoms with Gasteiger partial charge in [-0.3, -0.25) is 9.59 Å². The third kappa shape index (κ3) is 5.74. The number of nitrogens with one attached hydrogen (secondary N) is 2. The first-order valence-corrected chi connectivity index (χ1v) is 16.3. The molecule has 3 aliphatic rings. The number of nitrogens with zero attached hydrogens (tertiary/aromatic N) is 1. The fourth-order valence-electron chi connectivity index (χ4n) is 6.62. The lowest BCUT2D eigenvalue weighted by Crippen LogP contribution is -2.57. The fourth-order valence-corrected chi connectivity index (χ4v) is 7.50. The van der Waals surface area contributed by atoms with Gasteiger partial charge in [0.05, 0.1) is 12.6 Å². The average molecular weight is 748 g/mol. The lowest BCUT2D eigenvalue weighted by Gasteiger charge is -2.46. The van der Waals surface area contributed by atoms with E-state index < -0.39 is 23.0 Å². The second-order valence-electron chi connectivity index (χ2n) is 12.5. The van der Waals surface area contributed by atoms with Gasteiger partial charge in [-0.1, -0.05) is 41.4 Å². The van der Waals surface area contributed by atoms with E-state index in [0.29, 0.717) is 46.6 Å². The highest BCUT2D eigenvalue weighted by Crippen LogP contribution is 2.58. The smallest absolute Gasteiger partial charge is 0.410 e. The number of benzene rings is 3. The molecule has 0 radical (unpaired) electrons.